The molecule has 0 radical (unpaired) electrons. The fraction of sp³-hybridized carbons (Fsp3) is 0.444. The van der Waals surface area contributed by atoms with Gasteiger partial charge in [0.1, 0.15) is 6.29 Å². The number of carbonyl (C=O) groups excluding carboxylic acids is 1. The summed E-state index contributed by atoms with van der Waals surface area (Å²) < 4.78 is 0. The maximum Gasteiger partial charge on any atom is 0.336 e. The molecule has 4 N–H and O–H groups in total. The van der Waals surface area contributed by atoms with Gasteiger partial charge in [-0.25, -0.2) is 4.79 Å². The summed E-state index contributed by atoms with van der Waals surface area (Å²) in [4.78, 5) is 39.7. The van der Waals surface area contributed by atoms with Crippen LogP contribution in [-0.4, -0.2) is 50.2 Å². The molecule has 18 heavy (non-hydrogen) atoms. The first-order valence-electron chi connectivity index (χ1n) is 4.39. The number of aliphatic carboxylic acids is 3. The lowest BCUT2D eigenvalue weighted by Crippen LogP contribution is -2.42. The van der Waals surface area contributed by atoms with E-state index in [0.29, 0.717) is 6.29 Å². The van der Waals surface area contributed by atoms with Gasteiger partial charge in [0.2, 0.25) is 0 Å². The van der Waals surface area contributed by atoms with Crippen LogP contribution in [0.1, 0.15) is 19.3 Å². The highest BCUT2D eigenvalue weighted by Crippen LogP contribution is 2.15. The number of hydrogen-bond donors (Lipinski definition) is 4. The molecule has 0 unspecified atom stereocenters. The van der Waals surface area contributed by atoms with Crippen LogP contribution in [0.15, 0.2) is 0 Å². The van der Waals surface area contributed by atoms with E-state index in [2.05, 4.69) is 0 Å². The molecule has 100 valence electrons. The Bertz CT molecular complexity index is 353. The lowest BCUT2D eigenvalue weighted by molar-refractivity contribution is -0.170. The lowest BCUT2D eigenvalue weighted by Gasteiger charge is -2.18. The molecule has 0 spiro atoms. The summed E-state index contributed by atoms with van der Waals surface area (Å²) in [5, 5.41) is 41.4. The van der Waals surface area contributed by atoms with Gasteiger partial charge in [-0.2, -0.15) is 5.26 Å². The van der Waals surface area contributed by atoms with E-state index in [4.69, 9.17) is 25.7 Å². The smallest absolute Gasteiger partial charge is 0.336 e. The Labute approximate surface area is 101 Å². The fourth-order valence-electron chi connectivity index (χ4n) is 0.751. The molecule has 0 aromatic rings. The van der Waals surface area contributed by atoms with Crippen LogP contribution in [0.4, 0.5) is 0 Å². The highest BCUT2D eigenvalue weighted by atomic mass is 16.4. The summed E-state index contributed by atoms with van der Waals surface area (Å²) in [6.45, 7) is 0. The van der Waals surface area contributed by atoms with Gasteiger partial charge in [0.25, 0.3) is 0 Å². The van der Waals surface area contributed by atoms with E-state index in [9.17, 15) is 19.2 Å². The van der Waals surface area contributed by atoms with Gasteiger partial charge in [0, 0.05) is 0 Å². The lowest BCUT2D eigenvalue weighted by atomic mass is 9.96. The minimum atomic E-state index is -2.74. The summed E-state index contributed by atoms with van der Waals surface area (Å²) in [6, 6.07) is 1.65. The number of carbonyl (C=O) groups is 4. The number of rotatable bonds is 6. The molecule has 0 aromatic heterocycles. The average Bonchev–Trinajstić information content (AvgIpc) is 2.16. The van der Waals surface area contributed by atoms with Crippen molar-refractivity contribution >= 4 is 24.2 Å². The van der Waals surface area contributed by atoms with E-state index in [1.165, 1.54) is 0 Å². The maximum atomic E-state index is 10.3. The zero-order valence-corrected chi connectivity index (χ0v) is 9.07. The molecule has 0 aliphatic heterocycles. The molecule has 0 rings (SSSR count). The molecule has 0 fully saturated rings. The molecule has 0 bridgehead atoms. The SMILES string of the molecule is N#CCC=O.O=C(O)CC(O)(CC(=O)O)C(=O)O. The third-order valence-corrected chi connectivity index (χ3v) is 1.46. The monoisotopic (exact) mass is 261 g/mol. The fourth-order valence-corrected chi connectivity index (χ4v) is 0.751. The summed E-state index contributed by atoms with van der Waals surface area (Å²) in [6.07, 6.45) is -1.71. The van der Waals surface area contributed by atoms with Gasteiger partial charge in [-0.3, -0.25) is 9.59 Å². The van der Waals surface area contributed by atoms with Gasteiger partial charge in [0.05, 0.1) is 25.3 Å². The van der Waals surface area contributed by atoms with Crippen LogP contribution < -0.4 is 0 Å². The highest BCUT2D eigenvalue weighted by molar-refractivity contribution is 5.88. The highest BCUT2D eigenvalue weighted by Gasteiger charge is 2.40. The number of aldehydes is 1. The van der Waals surface area contributed by atoms with Crippen LogP contribution in [0.3, 0.4) is 0 Å². The second-order valence-electron chi connectivity index (χ2n) is 3.01. The molecular formula is C9H11NO8. The first-order valence-corrected chi connectivity index (χ1v) is 4.39. The summed E-state index contributed by atoms with van der Waals surface area (Å²) >= 11 is 0. The number of hydrogen-bond acceptors (Lipinski definition) is 6. The number of carboxylic acid groups (broad SMARTS) is 3. The first kappa shape index (κ1) is 17.9. The Hall–Kier alpha value is -2.47. The molecule has 9 nitrogen and oxygen atoms in total. The summed E-state index contributed by atoms with van der Waals surface area (Å²) in [7, 11) is 0. The van der Waals surface area contributed by atoms with Crippen LogP contribution >= 0.6 is 0 Å². The first-order chi connectivity index (χ1) is 8.19. The summed E-state index contributed by atoms with van der Waals surface area (Å²) in [5.41, 5.74) is -2.74. The van der Waals surface area contributed by atoms with Gasteiger partial charge in [0.15, 0.2) is 5.60 Å². The molecule has 0 aromatic carbocycles. The van der Waals surface area contributed by atoms with Crippen LogP contribution in [0, 0.1) is 11.3 Å². The van der Waals surface area contributed by atoms with E-state index in [0.717, 1.165) is 0 Å². The van der Waals surface area contributed by atoms with Crippen LogP contribution in [0.2, 0.25) is 0 Å². The Morgan fingerprint density at radius 2 is 1.50 bits per heavy atom. The molecule has 9 heteroatoms. The van der Waals surface area contributed by atoms with Crippen molar-refractivity contribution in [1.82, 2.24) is 0 Å². The van der Waals surface area contributed by atoms with Gasteiger partial charge >= 0.3 is 17.9 Å². The Morgan fingerprint density at radius 3 is 1.61 bits per heavy atom. The standard InChI is InChI=1S/C6H8O7.C3H3NO/c7-3(8)1-6(13,5(11)12)2-4(9)10;4-2-1-3-5/h13H,1-2H2,(H,7,8)(H,9,10)(H,11,12);3H,1H2. The van der Waals surface area contributed by atoms with Crippen molar-refractivity contribution < 1.29 is 39.6 Å². The second kappa shape index (κ2) is 8.66. The zero-order chi connectivity index (χ0) is 14.8. The van der Waals surface area contributed by atoms with E-state index in [1.807, 2.05) is 0 Å². The Morgan fingerprint density at radius 1 is 1.11 bits per heavy atom. The quantitative estimate of drug-likeness (QED) is 0.430. The molecule has 0 heterocycles. The van der Waals surface area contributed by atoms with Crippen LogP contribution in [0.25, 0.3) is 0 Å². The van der Waals surface area contributed by atoms with E-state index in [-0.39, 0.29) is 6.42 Å². The predicted molar refractivity (Wildman–Crippen MR) is 53.4 cm³/mol. The van der Waals surface area contributed by atoms with Crippen molar-refractivity contribution in [3.8, 4) is 6.07 Å². The molecule has 0 amide bonds. The third kappa shape index (κ3) is 8.81. The van der Waals surface area contributed by atoms with E-state index in [1.54, 1.807) is 6.07 Å². The van der Waals surface area contributed by atoms with Crippen molar-refractivity contribution in [1.29, 1.82) is 5.26 Å². The molecule has 0 aliphatic carbocycles. The zero-order valence-electron chi connectivity index (χ0n) is 9.07. The molecule has 0 aliphatic rings. The predicted octanol–water partition coefficient (Wildman–Crippen LogP) is -1.15. The topological polar surface area (TPSA) is 173 Å². The van der Waals surface area contributed by atoms with Gasteiger partial charge < -0.3 is 25.2 Å². The Balaban J connectivity index is 0. The Kier molecular flexibility index (Phi) is 8.61. The van der Waals surface area contributed by atoms with Crippen molar-refractivity contribution in [2.45, 2.75) is 24.9 Å². The number of nitriles is 1. The largest absolute Gasteiger partial charge is 0.481 e. The van der Waals surface area contributed by atoms with Crippen molar-refractivity contribution in [2.24, 2.45) is 0 Å². The molecule has 0 saturated carbocycles. The van der Waals surface area contributed by atoms with E-state index < -0.39 is 36.4 Å². The van der Waals surface area contributed by atoms with Gasteiger partial charge in [-0.15, -0.1) is 0 Å². The van der Waals surface area contributed by atoms with Crippen LogP contribution in [-0.2, 0) is 19.2 Å². The minimum Gasteiger partial charge on any atom is -0.481 e. The summed E-state index contributed by atoms with van der Waals surface area (Å²) in [5.74, 6) is -5.02. The van der Waals surface area contributed by atoms with Crippen molar-refractivity contribution in [3.63, 3.8) is 0 Å². The number of nitrogens with zero attached hydrogens (tertiary/aromatic N) is 1. The van der Waals surface area contributed by atoms with Crippen molar-refractivity contribution in [3.05, 3.63) is 0 Å². The maximum absolute atomic E-state index is 10.3. The average molecular weight is 261 g/mol. The molecule has 0 saturated heterocycles. The third-order valence-electron chi connectivity index (χ3n) is 1.46. The van der Waals surface area contributed by atoms with Crippen molar-refractivity contribution in [2.75, 3.05) is 0 Å². The number of carboxylic acids is 3. The molecule has 0 atom stereocenters. The molecular weight excluding hydrogens is 250 g/mol. The van der Waals surface area contributed by atoms with Gasteiger partial charge in [-0.05, 0) is 0 Å². The van der Waals surface area contributed by atoms with Gasteiger partial charge in [-0.1, -0.05) is 0 Å². The number of aliphatic hydroxyl groups is 1. The second-order valence-corrected chi connectivity index (χ2v) is 3.01. The van der Waals surface area contributed by atoms with E-state index >= 15 is 0 Å². The van der Waals surface area contributed by atoms with Crippen LogP contribution in [0.5, 0.6) is 0 Å². The normalized spacial score (nSPS) is 9.33. The minimum absolute atomic E-state index is 0.0139.